The molecule has 0 rings (SSSR count). The average molecular weight is 151 g/mol. The molecule has 1 N–H and O–H groups in total. The first-order valence-corrected chi connectivity index (χ1v) is 3.88. The van der Waals surface area contributed by atoms with Gasteiger partial charge in [0.1, 0.15) is 0 Å². The third-order valence-corrected chi connectivity index (χ3v) is 0.770. The summed E-state index contributed by atoms with van der Waals surface area (Å²) in [4.78, 5) is 2.00. The van der Waals surface area contributed by atoms with Crippen LogP contribution in [0.25, 0.3) is 0 Å². The summed E-state index contributed by atoms with van der Waals surface area (Å²) < 4.78 is 0. The molecule has 0 aromatic carbocycles. The van der Waals surface area contributed by atoms with E-state index < -0.39 is 0 Å². The smallest absolute Gasteiger partial charge is 0.0434 e. The van der Waals surface area contributed by atoms with Gasteiger partial charge >= 0.3 is 0 Å². The molecule has 0 amide bonds. The standard InChI is InChI=1S/C3H9N.C3H9OP/c1-4(2)3;4-2-1-3-5/h1-3H3;4H,1-3,5H2. The van der Waals surface area contributed by atoms with Gasteiger partial charge in [-0.3, -0.25) is 0 Å². The van der Waals surface area contributed by atoms with Crippen molar-refractivity contribution in [3.05, 3.63) is 0 Å². The Morgan fingerprint density at radius 3 is 1.67 bits per heavy atom. The lowest BCUT2D eigenvalue weighted by Gasteiger charge is -1.90. The van der Waals surface area contributed by atoms with Crippen molar-refractivity contribution in [3.8, 4) is 0 Å². The molecule has 0 spiro atoms. The highest BCUT2D eigenvalue weighted by molar-refractivity contribution is 7.16. The van der Waals surface area contributed by atoms with Crippen molar-refractivity contribution < 1.29 is 5.11 Å². The van der Waals surface area contributed by atoms with Gasteiger partial charge in [0.25, 0.3) is 0 Å². The van der Waals surface area contributed by atoms with Gasteiger partial charge in [0.15, 0.2) is 0 Å². The van der Waals surface area contributed by atoms with E-state index in [4.69, 9.17) is 5.11 Å². The van der Waals surface area contributed by atoms with Crippen LogP contribution in [-0.4, -0.2) is 43.9 Å². The molecule has 0 aliphatic carbocycles. The zero-order valence-corrected chi connectivity index (χ0v) is 7.75. The predicted molar refractivity (Wildman–Crippen MR) is 45.9 cm³/mol. The molecule has 0 aromatic rings. The topological polar surface area (TPSA) is 23.5 Å². The Kier molecular flexibility index (Phi) is 15.0. The Hall–Kier alpha value is 0.350. The maximum Gasteiger partial charge on any atom is 0.0434 e. The second-order valence-electron chi connectivity index (χ2n) is 2.21. The van der Waals surface area contributed by atoms with E-state index in [1.807, 2.05) is 26.0 Å². The average Bonchev–Trinajstić information content (AvgIpc) is 1.66. The van der Waals surface area contributed by atoms with Gasteiger partial charge in [0.05, 0.1) is 0 Å². The van der Waals surface area contributed by atoms with Crippen LogP contribution in [0.1, 0.15) is 6.42 Å². The number of nitrogens with zero attached hydrogens (tertiary/aromatic N) is 1. The normalized spacial score (nSPS) is 8.67. The minimum atomic E-state index is 0.323. The summed E-state index contributed by atoms with van der Waals surface area (Å²) in [5.74, 6) is 0. The van der Waals surface area contributed by atoms with E-state index in [2.05, 4.69) is 9.24 Å². The summed E-state index contributed by atoms with van der Waals surface area (Å²) in [6.07, 6.45) is 1.92. The molecule has 0 heterocycles. The molecule has 2 nitrogen and oxygen atoms in total. The van der Waals surface area contributed by atoms with Gasteiger partial charge in [-0.1, -0.05) is 0 Å². The van der Waals surface area contributed by atoms with Crippen molar-refractivity contribution in [1.29, 1.82) is 0 Å². The van der Waals surface area contributed by atoms with Crippen LogP contribution in [0.5, 0.6) is 0 Å². The van der Waals surface area contributed by atoms with Crippen LogP contribution in [-0.2, 0) is 0 Å². The number of aliphatic hydroxyl groups excluding tert-OH is 1. The molecule has 58 valence electrons. The molecule has 1 atom stereocenters. The summed E-state index contributed by atoms with van der Waals surface area (Å²) >= 11 is 0. The van der Waals surface area contributed by atoms with Crippen LogP contribution in [0.2, 0.25) is 0 Å². The Labute approximate surface area is 60.5 Å². The molecular formula is C6H18NOP. The fraction of sp³-hybridized carbons (Fsp3) is 1.00. The molecule has 0 fully saturated rings. The Balaban J connectivity index is 0. The highest BCUT2D eigenvalue weighted by Gasteiger charge is 1.69. The highest BCUT2D eigenvalue weighted by Crippen LogP contribution is 1.82. The Morgan fingerprint density at radius 2 is 1.67 bits per heavy atom. The molecule has 0 saturated carbocycles. The lowest BCUT2D eigenvalue weighted by atomic mass is 10.5. The second kappa shape index (κ2) is 11.2. The van der Waals surface area contributed by atoms with Crippen LogP contribution < -0.4 is 0 Å². The van der Waals surface area contributed by atoms with Crippen molar-refractivity contribution in [2.24, 2.45) is 0 Å². The SMILES string of the molecule is CN(C)C.OCCCP. The molecule has 0 radical (unpaired) electrons. The van der Waals surface area contributed by atoms with Gasteiger partial charge in [-0.05, 0) is 33.7 Å². The molecule has 0 bridgehead atoms. The quantitative estimate of drug-likeness (QED) is 0.578. The number of aliphatic hydroxyl groups is 1. The molecule has 1 unspecified atom stereocenters. The summed E-state index contributed by atoms with van der Waals surface area (Å²) in [6.45, 7) is 0.323. The zero-order chi connectivity index (χ0) is 7.70. The molecule has 0 aromatic heterocycles. The minimum Gasteiger partial charge on any atom is -0.396 e. The minimum absolute atomic E-state index is 0.323. The summed E-state index contributed by atoms with van der Waals surface area (Å²) in [6, 6.07) is 0. The van der Waals surface area contributed by atoms with E-state index in [1.165, 1.54) is 0 Å². The molecule has 0 aliphatic heterocycles. The van der Waals surface area contributed by atoms with Crippen LogP contribution in [0, 0.1) is 0 Å². The molecule has 9 heavy (non-hydrogen) atoms. The summed E-state index contributed by atoms with van der Waals surface area (Å²) in [7, 11) is 8.54. The van der Waals surface area contributed by atoms with Crippen LogP contribution in [0.3, 0.4) is 0 Å². The van der Waals surface area contributed by atoms with E-state index in [9.17, 15) is 0 Å². The molecular weight excluding hydrogens is 133 g/mol. The van der Waals surface area contributed by atoms with Gasteiger partial charge in [-0.25, -0.2) is 0 Å². The first kappa shape index (κ1) is 12.1. The lowest BCUT2D eigenvalue weighted by molar-refractivity contribution is 0.296. The monoisotopic (exact) mass is 151 g/mol. The van der Waals surface area contributed by atoms with Crippen LogP contribution in [0.4, 0.5) is 0 Å². The lowest BCUT2D eigenvalue weighted by Crippen LogP contribution is -1.99. The fourth-order valence-electron chi connectivity index (χ4n) is 0.0913. The van der Waals surface area contributed by atoms with E-state index in [-0.39, 0.29) is 0 Å². The van der Waals surface area contributed by atoms with Gasteiger partial charge in [-0.2, -0.15) is 0 Å². The van der Waals surface area contributed by atoms with E-state index in [0.717, 1.165) is 12.6 Å². The van der Waals surface area contributed by atoms with Gasteiger partial charge < -0.3 is 10.0 Å². The summed E-state index contributed by atoms with van der Waals surface area (Å²) in [5, 5.41) is 8.05. The van der Waals surface area contributed by atoms with Crippen molar-refractivity contribution in [1.82, 2.24) is 4.90 Å². The second-order valence-corrected chi connectivity index (χ2v) is 2.78. The fourth-order valence-corrected chi connectivity index (χ4v) is 0.274. The molecule has 0 aliphatic rings. The maximum atomic E-state index is 8.05. The van der Waals surface area contributed by atoms with E-state index in [1.54, 1.807) is 0 Å². The van der Waals surface area contributed by atoms with Gasteiger partial charge in [0.2, 0.25) is 0 Å². The van der Waals surface area contributed by atoms with Crippen molar-refractivity contribution in [2.45, 2.75) is 6.42 Å². The first-order valence-electron chi connectivity index (χ1n) is 3.07. The third kappa shape index (κ3) is 61.0. The van der Waals surface area contributed by atoms with Crippen LogP contribution >= 0.6 is 9.24 Å². The van der Waals surface area contributed by atoms with Crippen molar-refractivity contribution in [3.63, 3.8) is 0 Å². The Bertz CT molecular complexity index is 37.3. The van der Waals surface area contributed by atoms with Gasteiger partial charge in [0, 0.05) is 6.61 Å². The summed E-state index contributed by atoms with van der Waals surface area (Å²) in [5.41, 5.74) is 0. The van der Waals surface area contributed by atoms with Crippen molar-refractivity contribution >= 4 is 9.24 Å². The van der Waals surface area contributed by atoms with Gasteiger partial charge in [-0.15, -0.1) is 9.24 Å². The number of hydrogen-bond donors (Lipinski definition) is 1. The predicted octanol–water partition coefficient (Wildman–Crippen LogP) is 0.422. The van der Waals surface area contributed by atoms with E-state index in [0.29, 0.717) is 6.61 Å². The van der Waals surface area contributed by atoms with E-state index >= 15 is 0 Å². The van der Waals surface area contributed by atoms with Crippen molar-refractivity contribution in [2.75, 3.05) is 33.9 Å². The third-order valence-electron chi connectivity index (χ3n) is 0.362. The number of rotatable bonds is 2. The molecule has 3 heteroatoms. The molecule has 0 saturated heterocycles. The Morgan fingerprint density at radius 1 is 1.33 bits per heavy atom. The zero-order valence-electron chi connectivity index (χ0n) is 6.59. The highest BCUT2D eigenvalue weighted by atomic mass is 31.0. The largest absolute Gasteiger partial charge is 0.396 e. The first-order chi connectivity index (χ1) is 4.15. The number of hydrogen-bond acceptors (Lipinski definition) is 2. The maximum absolute atomic E-state index is 8.05. The van der Waals surface area contributed by atoms with Crippen LogP contribution in [0.15, 0.2) is 0 Å².